The summed E-state index contributed by atoms with van der Waals surface area (Å²) in [6.45, 7) is 2.14. The molecule has 0 radical (unpaired) electrons. The molecule has 0 atom stereocenters. The highest BCUT2D eigenvalue weighted by Crippen LogP contribution is 2.35. The first kappa shape index (κ1) is 19.0. The molecule has 3 heteroatoms. The lowest BCUT2D eigenvalue weighted by molar-refractivity contribution is 1.01. The summed E-state index contributed by atoms with van der Waals surface area (Å²) >= 11 is 0. The minimum atomic E-state index is 0.692. The van der Waals surface area contributed by atoms with Gasteiger partial charge in [0, 0.05) is 27.1 Å². The van der Waals surface area contributed by atoms with Crippen molar-refractivity contribution in [1.82, 2.24) is 14.5 Å². The number of nitrogens with zero attached hydrogens (tertiary/aromatic N) is 3. The number of aromatic nitrogens is 3. The van der Waals surface area contributed by atoms with Gasteiger partial charge in [-0.25, -0.2) is 9.97 Å². The summed E-state index contributed by atoms with van der Waals surface area (Å²) in [5.74, 6) is 0.692. The van der Waals surface area contributed by atoms with Gasteiger partial charge in [-0.15, -0.1) is 0 Å². The van der Waals surface area contributed by atoms with Gasteiger partial charge in [0.15, 0.2) is 0 Å². The molecule has 0 spiro atoms. The minimum absolute atomic E-state index is 0.692. The Hall–Kier alpha value is -4.50. The van der Waals surface area contributed by atoms with Crippen molar-refractivity contribution in [3.63, 3.8) is 0 Å². The standard InChI is InChI=1S/C31H21N3/c1-20-15-18-28-26(19-20)24-13-7-8-14-27(24)34(28)31-32-29(22-10-3-2-4-11-22)25-17-16-21-9-5-6-12-23(21)30(25)33-31/h2-19H,1H3. The molecule has 7 aromatic rings. The lowest BCUT2D eigenvalue weighted by Gasteiger charge is -2.13. The van der Waals surface area contributed by atoms with E-state index in [0.717, 1.165) is 38.6 Å². The van der Waals surface area contributed by atoms with Crippen molar-refractivity contribution in [2.45, 2.75) is 6.92 Å². The zero-order valence-electron chi connectivity index (χ0n) is 18.7. The molecular formula is C31H21N3. The quantitative estimate of drug-likeness (QED) is 0.259. The van der Waals surface area contributed by atoms with Crippen LogP contribution in [0.3, 0.4) is 0 Å². The van der Waals surface area contributed by atoms with Gasteiger partial charge in [0.05, 0.1) is 22.2 Å². The van der Waals surface area contributed by atoms with Gasteiger partial charge in [-0.2, -0.15) is 0 Å². The maximum absolute atomic E-state index is 5.21. The van der Waals surface area contributed by atoms with E-state index in [-0.39, 0.29) is 0 Å². The summed E-state index contributed by atoms with van der Waals surface area (Å²) in [6.07, 6.45) is 0. The van der Waals surface area contributed by atoms with Crippen molar-refractivity contribution < 1.29 is 0 Å². The van der Waals surface area contributed by atoms with E-state index in [0.29, 0.717) is 5.95 Å². The van der Waals surface area contributed by atoms with Crippen molar-refractivity contribution in [3.05, 3.63) is 115 Å². The molecule has 0 bridgehead atoms. The van der Waals surface area contributed by atoms with Crippen LogP contribution in [0.25, 0.3) is 60.7 Å². The third-order valence-corrected chi connectivity index (χ3v) is 6.65. The largest absolute Gasteiger partial charge is 0.278 e. The van der Waals surface area contributed by atoms with Crippen molar-refractivity contribution in [3.8, 4) is 17.2 Å². The van der Waals surface area contributed by atoms with E-state index >= 15 is 0 Å². The van der Waals surface area contributed by atoms with E-state index in [9.17, 15) is 0 Å². The summed E-state index contributed by atoms with van der Waals surface area (Å²) in [5.41, 5.74) is 6.48. The summed E-state index contributed by atoms with van der Waals surface area (Å²) in [5, 5.41) is 5.81. The molecule has 3 nitrogen and oxygen atoms in total. The molecule has 160 valence electrons. The zero-order valence-corrected chi connectivity index (χ0v) is 18.7. The third kappa shape index (κ3) is 2.77. The molecule has 0 fully saturated rings. The SMILES string of the molecule is Cc1ccc2c(c1)c1ccccc1n2-c1nc(-c2ccccc2)c2ccc3ccccc3c2n1. The van der Waals surface area contributed by atoms with Crippen molar-refractivity contribution in [1.29, 1.82) is 0 Å². The van der Waals surface area contributed by atoms with Crippen molar-refractivity contribution >= 4 is 43.5 Å². The Morgan fingerprint density at radius 3 is 2.18 bits per heavy atom. The molecule has 0 amide bonds. The number of para-hydroxylation sites is 1. The van der Waals surface area contributed by atoms with Crippen LogP contribution < -0.4 is 0 Å². The predicted molar refractivity (Wildman–Crippen MR) is 142 cm³/mol. The minimum Gasteiger partial charge on any atom is -0.278 e. The van der Waals surface area contributed by atoms with E-state index in [1.54, 1.807) is 0 Å². The highest BCUT2D eigenvalue weighted by atomic mass is 15.2. The smallest absolute Gasteiger partial charge is 0.235 e. The van der Waals surface area contributed by atoms with Crippen LogP contribution in [-0.2, 0) is 0 Å². The molecule has 0 aliphatic heterocycles. The van der Waals surface area contributed by atoms with Gasteiger partial charge in [-0.1, -0.05) is 90.5 Å². The van der Waals surface area contributed by atoms with Gasteiger partial charge >= 0.3 is 0 Å². The second-order valence-corrected chi connectivity index (χ2v) is 8.79. The fourth-order valence-corrected chi connectivity index (χ4v) is 5.07. The van der Waals surface area contributed by atoms with Crippen LogP contribution >= 0.6 is 0 Å². The van der Waals surface area contributed by atoms with E-state index in [1.807, 2.05) is 6.07 Å². The molecule has 5 aromatic carbocycles. The number of hydrogen-bond donors (Lipinski definition) is 0. The zero-order chi connectivity index (χ0) is 22.6. The van der Waals surface area contributed by atoms with E-state index in [1.165, 1.54) is 21.7 Å². The Morgan fingerprint density at radius 2 is 1.29 bits per heavy atom. The molecule has 34 heavy (non-hydrogen) atoms. The average Bonchev–Trinajstić information content (AvgIpc) is 3.22. The fourth-order valence-electron chi connectivity index (χ4n) is 5.07. The average molecular weight is 436 g/mol. The van der Waals surface area contributed by atoms with Crippen LogP contribution in [-0.4, -0.2) is 14.5 Å². The molecular weight excluding hydrogens is 414 g/mol. The second kappa shape index (κ2) is 7.26. The lowest BCUT2D eigenvalue weighted by atomic mass is 10.0. The Labute approximate surface area is 196 Å². The van der Waals surface area contributed by atoms with Gasteiger partial charge in [0.2, 0.25) is 5.95 Å². The van der Waals surface area contributed by atoms with Gasteiger partial charge in [0.25, 0.3) is 0 Å². The van der Waals surface area contributed by atoms with E-state index in [4.69, 9.17) is 9.97 Å². The molecule has 0 saturated carbocycles. The first-order valence-corrected chi connectivity index (χ1v) is 11.5. The molecule has 0 aliphatic carbocycles. The highest BCUT2D eigenvalue weighted by molar-refractivity contribution is 6.11. The normalized spacial score (nSPS) is 11.7. The number of fused-ring (bicyclic) bond motifs is 6. The lowest BCUT2D eigenvalue weighted by Crippen LogP contribution is -2.03. The summed E-state index contributed by atoms with van der Waals surface area (Å²) in [7, 11) is 0. The van der Waals surface area contributed by atoms with Crippen molar-refractivity contribution in [2.24, 2.45) is 0 Å². The van der Waals surface area contributed by atoms with Gasteiger partial charge in [-0.05, 0) is 36.6 Å². The number of hydrogen-bond acceptors (Lipinski definition) is 2. The van der Waals surface area contributed by atoms with E-state index < -0.39 is 0 Å². The maximum Gasteiger partial charge on any atom is 0.235 e. The molecule has 2 aromatic heterocycles. The number of rotatable bonds is 2. The van der Waals surface area contributed by atoms with Crippen LogP contribution in [0.15, 0.2) is 109 Å². The second-order valence-electron chi connectivity index (χ2n) is 8.79. The Morgan fingerprint density at radius 1 is 0.559 bits per heavy atom. The van der Waals surface area contributed by atoms with Crippen LogP contribution in [0, 0.1) is 6.92 Å². The molecule has 2 heterocycles. The first-order chi connectivity index (χ1) is 16.8. The van der Waals surface area contributed by atoms with Crippen molar-refractivity contribution in [2.75, 3.05) is 0 Å². The van der Waals surface area contributed by atoms with Gasteiger partial charge < -0.3 is 0 Å². The molecule has 0 unspecified atom stereocenters. The molecule has 0 aliphatic rings. The maximum atomic E-state index is 5.21. The third-order valence-electron chi connectivity index (χ3n) is 6.65. The van der Waals surface area contributed by atoms with Gasteiger partial charge in [-0.3, -0.25) is 4.57 Å². The number of benzene rings is 5. The monoisotopic (exact) mass is 435 g/mol. The van der Waals surface area contributed by atoms with Gasteiger partial charge in [0.1, 0.15) is 0 Å². The van der Waals surface area contributed by atoms with E-state index in [2.05, 4.69) is 115 Å². The van der Waals surface area contributed by atoms with Crippen LogP contribution in [0.5, 0.6) is 0 Å². The molecule has 0 N–H and O–H groups in total. The predicted octanol–water partition coefficient (Wildman–Crippen LogP) is 7.86. The molecule has 7 rings (SSSR count). The van der Waals surface area contributed by atoms with Crippen LogP contribution in [0.1, 0.15) is 5.56 Å². The number of aryl methyl sites for hydroxylation is 1. The Kier molecular flexibility index (Phi) is 4.06. The summed E-state index contributed by atoms with van der Waals surface area (Å²) in [4.78, 5) is 10.4. The topological polar surface area (TPSA) is 30.7 Å². The summed E-state index contributed by atoms with van der Waals surface area (Å²) in [6, 6.07) is 38.3. The Bertz CT molecular complexity index is 1860. The first-order valence-electron chi connectivity index (χ1n) is 11.5. The molecule has 0 saturated heterocycles. The summed E-state index contributed by atoms with van der Waals surface area (Å²) < 4.78 is 2.21. The van der Waals surface area contributed by atoms with Crippen LogP contribution in [0.2, 0.25) is 0 Å². The Balaban J connectivity index is 1.67. The fraction of sp³-hybridized carbons (Fsp3) is 0.0323. The highest BCUT2D eigenvalue weighted by Gasteiger charge is 2.18. The van der Waals surface area contributed by atoms with Crippen LogP contribution in [0.4, 0.5) is 0 Å².